The van der Waals surface area contributed by atoms with Crippen LogP contribution in [0.15, 0.2) is 34.5 Å². The number of amides is 1. The summed E-state index contributed by atoms with van der Waals surface area (Å²) < 4.78 is 71.6. The van der Waals surface area contributed by atoms with Crippen molar-refractivity contribution in [1.29, 1.82) is 0 Å². The Balaban J connectivity index is 1.52. The summed E-state index contributed by atoms with van der Waals surface area (Å²) in [6.07, 6.45) is 1.22. The van der Waals surface area contributed by atoms with Gasteiger partial charge in [0.1, 0.15) is 18.0 Å². The van der Waals surface area contributed by atoms with Crippen molar-refractivity contribution in [3.63, 3.8) is 0 Å². The van der Waals surface area contributed by atoms with E-state index in [-0.39, 0.29) is 24.4 Å². The third-order valence-corrected chi connectivity index (χ3v) is 7.45. The van der Waals surface area contributed by atoms with Crippen molar-refractivity contribution in [2.24, 2.45) is 0 Å². The quantitative estimate of drug-likeness (QED) is 0.559. The molecule has 12 heteroatoms. The predicted molar refractivity (Wildman–Crippen MR) is 116 cm³/mol. The molecule has 1 aliphatic heterocycles. The molecular weight excluding hydrogens is 481 g/mol. The van der Waals surface area contributed by atoms with E-state index in [0.29, 0.717) is 18.8 Å². The lowest BCUT2D eigenvalue weighted by molar-refractivity contribution is -0.0436. The molecule has 3 rings (SSSR count). The Hall–Kier alpha value is -2.34. The van der Waals surface area contributed by atoms with Gasteiger partial charge in [0, 0.05) is 24.4 Å². The third-order valence-electron chi connectivity index (χ3n) is 4.89. The first-order chi connectivity index (χ1) is 15.3. The zero-order valence-corrected chi connectivity index (χ0v) is 20.0. The number of carbonyl (C=O) groups excluding carboxylic acids is 1. The molecule has 1 amide bonds. The number of piperidine rings is 1. The number of alkyl halides is 3. The normalized spacial score (nSPS) is 16.0. The van der Waals surface area contributed by atoms with Crippen molar-refractivity contribution in [2.75, 3.05) is 13.1 Å². The fraction of sp³-hybridized carbons (Fsp3) is 0.524. The zero-order valence-electron chi connectivity index (χ0n) is 18.4. The van der Waals surface area contributed by atoms with Gasteiger partial charge >= 0.3 is 11.6 Å². The first-order valence-electron chi connectivity index (χ1n) is 10.2. The fourth-order valence-corrected chi connectivity index (χ4v) is 4.96. The Morgan fingerprint density at radius 2 is 1.76 bits per heavy atom. The Kier molecular flexibility index (Phi) is 7.27. The number of benzene rings is 1. The van der Waals surface area contributed by atoms with E-state index < -0.39 is 25.8 Å². The van der Waals surface area contributed by atoms with Gasteiger partial charge in [-0.25, -0.2) is 18.2 Å². The smallest absolute Gasteiger partial charge is 0.487 e. The van der Waals surface area contributed by atoms with Crippen molar-refractivity contribution in [2.45, 2.75) is 62.1 Å². The van der Waals surface area contributed by atoms with Crippen molar-refractivity contribution >= 4 is 27.3 Å². The highest BCUT2D eigenvalue weighted by atomic mass is 32.2. The molecule has 1 fully saturated rings. The summed E-state index contributed by atoms with van der Waals surface area (Å²) in [6, 6.07) is 4.09. The number of nitrogens with zero attached hydrogens (tertiary/aromatic N) is 2. The van der Waals surface area contributed by atoms with E-state index in [2.05, 4.69) is 4.98 Å². The Morgan fingerprint density at radius 1 is 1.15 bits per heavy atom. The average molecular weight is 507 g/mol. The van der Waals surface area contributed by atoms with E-state index in [9.17, 15) is 26.4 Å². The average Bonchev–Trinajstić information content (AvgIpc) is 3.20. The highest BCUT2D eigenvalue weighted by Gasteiger charge is 2.46. The van der Waals surface area contributed by atoms with E-state index >= 15 is 0 Å². The maximum atomic E-state index is 12.6. The van der Waals surface area contributed by atoms with Gasteiger partial charge in [-0.2, -0.15) is 13.2 Å². The van der Waals surface area contributed by atoms with Crippen LogP contribution >= 0.6 is 11.3 Å². The number of sulfone groups is 1. The van der Waals surface area contributed by atoms with E-state index in [1.807, 2.05) is 26.2 Å². The van der Waals surface area contributed by atoms with Crippen LogP contribution in [0.2, 0.25) is 0 Å². The number of rotatable bonds is 5. The largest absolute Gasteiger partial charge is 0.501 e. The predicted octanol–water partition coefficient (Wildman–Crippen LogP) is 5.13. The molecule has 1 saturated heterocycles. The van der Waals surface area contributed by atoms with Crippen LogP contribution in [0, 0.1) is 0 Å². The van der Waals surface area contributed by atoms with Crippen LogP contribution in [0.4, 0.5) is 18.0 Å². The van der Waals surface area contributed by atoms with Crippen LogP contribution in [0.25, 0.3) is 0 Å². The SMILES string of the molecule is CC(C)(C)OC(=O)N1CCC(c2nc(COc3ccc(S(=O)(=O)C(F)(F)F)cc3)cs2)CC1. The van der Waals surface area contributed by atoms with E-state index in [1.165, 1.54) is 23.5 Å². The lowest BCUT2D eigenvalue weighted by Crippen LogP contribution is -2.41. The molecule has 0 aliphatic carbocycles. The molecule has 182 valence electrons. The molecule has 1 aliphatic rings. The van der Waals surface area contributed by atoms with Crippen LogP contribution in [0.5, 0.6) is 5.75 Å². The third kappa shape index (κ3) is 6.38. The fourth-order valence-electron chi connectivity index (χ4n) is 3.22. The lowest BCUT2D eigenvalue weighted by Gasteiger charge is -2.32. The highest BCUT2D eigenvalue weighted by molar-refractivity contribution is 7.92. The molecule has 0 atom stereocenters. The number of halogens is 3. The molecule has 0 saturated carbocycles. The summed E-state index contributed by atoms with van der Waals surface area (Å²) in [5, 5.41) is 2.78. The first kappa shape index (κ1) is 25.3. The minimum atomic E-state index is -5.39. The molecule has 0 unspecified atom stereocenters. The standard InChI is InChI=1S/C21H25F3N2O5S2/c1-20(2,3)31-19(27)26-10-8-14(9-11-26)18-25-15(13-32-18)12-30-16-4-6-17(7-5-16)33(28,29)21(22,23)24/h4-7,13-14H,8-12H2,1-3H3. The zero-order chi connectivity index (χ0) is 24.4. The van der Waals surface area contributed by atoms with Crippen LogP contribution in [-0.2, 0) is 21.2 Å². The topological polar surface area (TPSA) is 85.8 Å². The Bertz CT molecular complexity index is 1070. The number of ether oxygens (including phenoxy) is 2. The summed E-state index contributed by atoms with van der Waals surface area (Å²) in [5.74, 6) is 0.450. The number of likely N-dealkylation sites (tertiary alicyclic amines) is 1. The number of hydrogen-bond donors (Lipinski definition) is 0. The van der Waals surface area contributed by atoms with Crippen LogP contribution in [0.1, 0.15) is 50.2 Å². The van der Waals surface area contributed by atoms with Crippen molar-refractivity contribution in [3.05, 3.63) is 40.3 Å². The van der Waals surface area contributed by atoms with E-state index in [0.717, 1.165) is 30.0 Å². The Morgan fingerprint density at radius 3 is 2.30 bits per heavy atom. The minimum Gasteiger partial charge on any atom is -0.487 e. The molecule has 0 N–H and O–H groups in total. The number of thiazole rings is 1. The molecule has 0 spiro atoms. The van der Waals surface area contributed by atoms with Crippen LogP contribution in [-0.4, -0.2) is 48.6 Å². The first-order valence-corrected chi connectivity index (χ1v) is 12.6. The van der Waals surface area contributed by atoms with Gasteiger partial charge < -0.3 is 14.4 Å². The van der Waals surface area contributed by atoms with Crippen molar-refractivity contribution in [1.82, 2.24) is 9.88 Å². The number of hydrogen-bond acceptors (Lipinski definition) is 7. The van der Waals surface area contributed by atoms with Gasteiger partial charge in [0.15, 0.2) is 0 Å². The lowest BCUT2D eigenvalue weighted by atomic mass is 9.98. The highest BCUT2D eigenvalue weighted by Crippen LogP contribution is 2.32. The molecule has 0 radical (unpaired) electrons. The van der Waals surface area contributed by atoms with Gasteiger partial charge in [-0.1, -0.05) is 0 Å². The molecule has 1 aromatic carbocycles. The second-order valence-electron chi connectivity index (χ2n) is 8.63. The van der Waals surface area contributed by atoms with E-state index in [4.69, 9.17) is 9.47 Å². The molecule has 7 nitrogen and oxygen atoms in total. The van der Waals surface area contributed by atoms with Gasteiger partial charge in [-0.15, -0.1) is 11.3 Å². The molecule has 1 aromatic heterocycles. The second kappa shape index (κ2) is 9.49. The van der Waals surface area contributed by atoms with Crippen molar-refractivity contribution < 1.29 is 35.9 Å². The maximum Gasteiger partial charge on any atom is 0.501 e. The minimum absolute atomic E-state index is 0.0959. The summed E-state index contributed by atoms with van der Waals surface area (Å²) in [7, 11) is -5.39. The second-order valence-corrected chi connectivity index (χ2v) is 11.5. The number of aromatic nitrogens is 1. The van der Waals surface area contributed by atoms with Crippen LogP contribution in [0.3, 0.4) is 0 Å². The maximum absolute atomic E-state index is 12.6. The molecular formula is C21H25F3N2O5S2. The Labute approximate surface area is 194 Å². The van der Waals surface area contributed by atoms with Gasteiger partial charge in [0.25, 0.3) is 9.84 Å². The van der Waals surface area contributed by atoms with Gasteiger partial charge in [0.2, 0.25) is 0 Å². The molecule has 2 heterocycles. The summed E-state index contributed by atoms with van der Waals surface area (Å²) in [4.78, 5) is 17.6. The molecule has 2 aromatic rings. The van der Waals surface area contributed by atoms with Gasteiger partial charge in [-0.05, 0) is 57.9 Å². The van der Waals surface area contributed by atoms with Crippen molar-refractivity contribution in [3.8, 4) is 5.75 Å². The van der Waals surface area contributed by atoms with Gasteiger partial charge in [0.05, 0.1) is 15.6 Å². The van der Waals surface area contributed by atoms with Gasteiger partial charge in [-0.3, -0.25) is 0 Å². The monoisotopic (exact) mass is 506 g/mol. The number of carbonyl (C=O) groups is 1. The summed E-state index contributed by atoms with van der Waals surface area (Å²) >= 11 is 1.49. The summed E-state index contributed by atoms with van der Waals surface area (Å²) in [5.41, 5.74) is -5.22. The van der Waals surface area contributed by atoms with Crippen LogP contribution < -0.4 is 4.74 Å². The van der Waals surface area contributed by atoms with E-state index in [1.54, 1.807) is 4.90 Å². The molecule has 33 heavy (non-hydrogen) atoms. The summed E-state index contributed by atoms with van der Waals surface area (Å²) in [6.45, 7) is 6.75. The molecule has 0 bridgehead atoms.